The molecule has 1 heterocycles. The molecule has 0 saturated carbocycles. The third-order valence-corrected chi connectivity index (χ3v) is 5.65. The summed E-state index contributed by atoms with van der Waals surface area (Å²) < 4.78 is 13.6. The maximum absolute atomic E-state index is 13.6. The van der Waals surface area contributed by atoms with Crippen molar-refractivity contribution in [2.75, 3.05) is 23.3 Å². The summed E-state index contributed by atoms with van der Waals surface area (Å²) in [4.78, 5) is 23.7. The minimum Gasteiger partial charge on any atom is -0.372 e. The molecule has 35 heavy (non-hydrogen) atoms. The third-order valence-electron chi connectivity index (χ3n) is 5.65. The predicted octanol–water partition coefficient (Wildman–Crippen LogP) is 5.80. The predicted molar refractivity (Wildman–Crippen MR) is 138 cm³/mol. The highest BCUT2D eigenvalue weighted by Crippen LogP contribution is 2.21. The second kappa shape index (κ2) is 11.2. The Labute approximate surface area is 204 Å². The summed E-state index contributed by atoms with van der Waals surface area (Å²) in [6.07, 6.45) is 1.61. The molecule has 4 rings (SSSR count). The first-order valence-electron chi connectivity index (χ1n) is 11.6. The van der Waals surface area contributed by atoms with E-state index in [2.05, 4.69) is 51.5 Å². The highest BCUT2D eigenvalue weighted by Gasteiger charge is 2.09. The van der Waals surface area contributed by atoms with Gasteiger partial charge in [0.2, 0.25) is 0 Å². The standard InChI is InChI=1S/C28H28FN5O/c1-3-34(4-2)25-13-11-20(12-14-25)19-31-28(35)22-8-6-10-24(18-22)32-26-15-16-30-27(33-26)21-7-5-9-23(29)17-21/h5-18H,3-4,19H2,1-2H3,(H,31,35)(H,30,32,33). The molecule has 4 aromatic rings. The molecule has 0 radical (unpaired) electrons. The van der Waals surface area contributed by atoms with E-state index in [1.165, 1.54) is 17.8 Å². The van der Waals surface area contributed by atoms with Crippen LogP contribution in [0, 0.1) is 5.82 Å². The van der Waals surface area contributed by atoms with Crippen LogP contribution < -0.4 is 15.5 Å². The zero-order valence-corrected chi connectivity index (χ0v) is 19.8. The van der Waals surface area contributed by atoms with Crippen LogP contribution in [0.3, 0.4) is 0 Å². The number of hydrogen-bond donors (Lipinski definition) is 2. The van der Waals surface area contributed by atoms with Gasteiger partial charge in [-0.1, -0.05) is 30.3 Å². The van der Waals surface area contributed by atoms with Crippen LogP contribution >= 0.6 is 0 Å². The quantitative estimate of drug-likeness (QED) is 0.324. The number of amides is 1. The van der Waals surface area contributed by atoms with Gasteiger partial charge in [0, 0.05) is 48.3 Å². The maximum Gasteiger partial charge on any atom is 0.251 e. The average Bonchev–Trinajstić information content (AvgIpc) is 2.89. The molecule has 7 heteroatoms. The van der Waals surface area contributed by atoms with E-state index in [9.17, 15) is 9.18 Å². The van der Waals surface area contributed by atoms with Crippen molar-refractivity contribution in [2.24, 2.45) is 0 Å². The van der Waals surface area contributed by atoms with E-state index < -0.39 is 0 Å². The highest BCUT2D eigenvalue weighted by molar-refractivity contribution is 5.95. The molecule has 6 nitrogen and oxygen atoms in total. The minimum atomic E-state index is -0.344. The van der Waals surface area contributed by atoms with Gasteiger partial charge in [0.1, 0.15) is 11.6 Å². The number of rotatable bonds is 9. The summed E-state index contributed by atoms with van der Waals surface area (Å²) in [6.45, 7) is 6.62. The number of nitrogens with one attached hydrogen (secondary N) is 2. The van der Waals surface area contributed by atoms with Gasteiger partial charge in [0.25, 0.3) is 5.91 Å². The molecule has 0 atom stereocenters. The van der Waals surface area contributed by atoms with Crippen LogP contribution in [0.25, 0.3) is 11.4 Å². The molecule has 1 aromatic heterocycles. The van der Waals surface area contributed by atoms with Crippen LogP contribution in [-0.2, 0) is 6.54 Å². The lowest BCUT2D eigenvalue weighted by atomic mass is 10.1. The van der Waals surface area contributed by atoms with E-state index in [4.69, 9.17) is 0 Å². The van der Waals surface area contributed by atoms with Crippen LogP contribution in [0.2, 0.25) is 0 Å². The molecule has 0 fully saturated rings. The van der Waals surface area contributed by atoms with Crippen molar-refractivity contribution < 1.29 is 9.18 Å². The van der Waals surface area contributed by atoms with Crippen molar-refractivity contribution in [1.29, 1.82) is 0 Å². The molecule has 0 spiro atoms. The van der Waals surface area contributed by atoms with Gasteiger partial charge in [0.15, 0.2) is 5.82 Å². The fourth-order valence-electron chi connectivity index (χ4n) is 3.78. The monoisotopic (exact) mass is 469 g/mol. The summed E-state index contributed by atoms with van der Waals surface area (Å²) in [5.74, 6) is 0.452. The zero-order chi connectivity index (χ0) is 24.6. The van der Waals surface area contributed by atoms with Gasteiger partial charge in [-0.25, -0.2) is 14.4 Å². The Hall–Kier alpha value is -4.26. The van der Waals surface area contributed by atoms with E-state index in [0.29, 0.717) is 35.0 Å². The van der Waals surface area contributed by atoms with Gasteiger partial charge in [-0.05, 0) is 67.9 Å². The van der Waals surface area contributed by atoms with Crippen LogP contribution in [0.5, 0.6) is 0 Å². The lowest BCUT2D eigenvalue weighted by Gasteiger charge is -2.21. The summed E-state index contributed by atoms with van der Waals surface area (Å²) in [6, 6.07) is 23.3. The minimum absolute atomic E-state index is 0.162. The number of halogens is 1. The number of nitrogens with zero attached hydrogens (tertiary/aromatic N) is 3. The number of hydrogen-bond acceptors (Lipinski definition) is 5. The van der Waals surface area contributed by atoms with Gasteiger partial charge in [-0.2, -0.15) is 0 Å². The van der Waals surface area contributed by atoms with Gasteiger partial charge in [0.05, 0.1) is 0 Å². The van der Waals surface area contributed by atoms with E-state index in [-0.39, 0.29) is 11.7 Å². The first-order chi connectivity index (χ1) is 17.1. The molecule has 0 aliphatic rings. The van der Waals surface area contributed by atoms with Crippen LogP contribution in [0.1, 0.15) is 29.8 Å². The zero-order valence-electron chi connectivity index (χ0n) is 19.8. The number of anilines is 3. The Bertz CT molecular complexity index is 1290. The third kappa shape index (κ3) is 6.20. The first-order valence-corrected chi connectivity index (χ1v) is 11.6. The van der Waals surface area contributed by atoms with E-state index in [0.717, 1.165) is 18.7 Å². The molecular weight excluding hydrogens is 441 g/mol. The Balaban J connectivity index is 1.40. The summed E-state index contributed by atoms with van der Waals surface area (Å²) in [7, 11) is 0. The van der Waals surface area contributed by atoms with Crippen molar-refractivity contribution in [3.8, 4) is 11.4 Å². The van der Waals surface area contributed by atoms with Crippen molar-refractivity contribution in [3.05, 3.63) is 102 Å². The fraction of sp³-hybridized carbons (Fsp3) is 0.179. The number of carbonyl (C=O) groups excluding carboxylic acids is 1. The highest BCUT2D eigenvalue weighted by atomic mass is 19.1. The molecule has 2 N–H and O–H groups in total. The molecule has 0 bridgehead atoms. The van der Waals surface area contributed by atoms with Crippen LogP contribution in [-0.4, -0.2) is 29.0 Å². The SMILES string of the molecule is CCN(CC)c1ccc(CNC(=O)c2cccc(Nc3ccnc(-c4cccc(F)c4)n3)c2)cc1. The summed E-state index contributed by atoms with van der Waals surface area (Å²) >= 11 is 0. The van der Waals surface area contributed by atoms with Crippen LogP contribution in [0.15, 0.2) is 85.1 Å². The Morgan fingerprint density at radius 1 is 0.943 bits per heavy atom. The largest absolute Gasteiger partial charge is 0.372 e. The van der Waals surface area contributed by atoms with Crippen molar-refractivity contribution >= 4 is 23.1 Å². The molecule has 0 unspecified atom stereocenters. The van der Waals surface area contributed by atoms with E-state index in [1.807, 2.05) is 24.3 Å². The molecule has 178 valence electrons. The molecule has 1 amide bonds. The first kappa shape index (κ1) is 23.9. The Kier molecular flexibility index (Phi) is 7.67. The van der Waals surface area contributed by atoms with E-state index in [1.54, 1.807) is 36.5 Å². The second-order valence-electron chi connectivity index (χ2n) is 8.00. The normalized spacial score (nSPS) is 10.6. The van der Waals surface area contributed by atoms with Crippen molar-refractivity contribution in [2.45, 2.75) is 20.4 Å². The molecular formula is C28H28FN5O. The summed E-state index contributed by atoms with van der Waals surface area (Å²) in [5.41, 5.74) is 4.05. The lowest BCUT2D eigenvalue weighted by molar-refractivity contribution is 0.0951. The lowest BCUT2D eigenvalue weighted by Crippen LogP contribution is -2.23. The topological polar surface area (TPSA) is 70.2 Å². The number of aromatic nitrogens is 2. The number of benzene rings is 3. The van der Waals surface area contributed by atoms with Crippen molar-refractivity contribution in [3.63, 3.8) is 0 Å². The van der Waals surface area contributed by atoms with Crippen LogP contribution in [0.4, 0.5) is 21.6 Å². The smallest absolute Gasteiger partial charge is 0.251 e. The molecule has 0 aliphatic carbocycles. The van der Waals surface area contributed by atoms with Gasteiger partial charge >= 0.3 is 0 Å². The van der Waals surface area contributed by atoms with Gasteiger partial charge in [-0.15, -0.1) is 0 Å². The molecule has 3 aromatic carbocycles. The van der Waals surface area contributed by atoms with Gasteiger partial charge < -0.3 is 15.5 Å². The summed E-state index contributed by atoms with van der Waals surface area (Å²) in [5, 5.41) is 6.17. The number of carbonyl (C=O) groups is 1. The fourth-order valence-corrected chi connectivity index (χ4v) is 3.78. The maximum atomic E-state index is 13.6. The Morgan fingerprint density at radius 2 is 1.71 bits per heavy atom. The second-order valence-corrected chi connectivity index (χ2v) is 8.00. The molecule has 0 saturated heterocycles. The van der Waals surface area contributed by atoms with Gasteiger partial charge in [-0.3, -0.25) is 4.79 Å². The van der Waals surface area contributed by atoms with Crippen molar-refractivity contribution in [1.82, 2.24) is 15.3 Å². The van der Waals surface area contributed by atoms with E-state index >= 15 is 0 Å². The molecule has 0 aliphatic heterocycles. The average molecular weight is 470 g/mol. The Morgan fingerprint density at radius 3 is 2.46 bits per heavy atom.